The first kappa shape index (κ1) is 18.2. The van der Waals surface area contributed by atoms with Crippen LogP contribution in [0, 0.1) is 5.92 Å². The van der Waals surface area contributed by atoms with Crippen LogP contribution in [0.3, 0.4) is 0 Å². The predicted octanol–water partition coefficient (Wildman–Crippen LogP) is 3.44. The molecule has 2 unspecified atom stereocenters. The van der Waals surface area contributed by atoms with Gasteiger partial charge in [0.1, 0.15) is 0 Å². The van der Waals surface area contributed by atoms with E-state index in [2.05, 4.69) is 54.0 Å². The third-order valence-electron chi connectivity index (χ3n) is 5.55. The topological polar surface area (TPSA) is 61.4 Å². The zero-order valence-electron chi connectivity index (χ0n) is 15.1. The lowest BCUT2D eigenvalue weighted by atomic mass is 9.91. The first-order valence-corrected chi connectivity index (χ1v) is 9.62. The van der Waals surface area contributed by atoms with Crippen LogP contribution in [0.1, 0.15) is 51.0 Å². The molecular formula is C21H30N2O2. The van der Waals surface area contributed by atoms with E-state index in [0.29, 0.717) is 24.0 Å². The molecule has 3 N–H and O–H groups in total. The largest absolute Gasteiger partial charge is 0.480 e. The standard InChI is InChI=1S/C21H30N2O2/c1-2-16(12-15-6-4-3-5-7-15)19-13-20(19)23-18-10-8-17(9-11-18)22-14-21(24)25/h3-7,12,17-20,22-23H,2,8-11,13-14H2,1H3,(H,24,25). The predicted molar refractivity (Wildman–Crippen MR) is 101 cm³/mol. The van der Waals surface area contributed by atoms with Gasteiger partial charge in [-0.25, -0.2) is 0 Å². The lowest BCUT2D eigenvalue weighted by molar-refractivity contribution is -0.136. The van der Waals surface area contributed by atoms with Crippen molar-refractivity contribution in [3.05, 3.63) is 41.5 Å². The minimum absolute atomic E-state index is 0.0810. The molecule has 0 aromatic heterocycles. The SMILES string of the molecule is CCC(=Cc1ccccc1)C1CC1NC1CCC(NCC(=O)O)CC1. The number of benzene rings is 1. The maximum absolute atomic E-state index is 10.6. The highest BCUT2D eigenvalue weighted by molar-refractivity contribution is 5.69. The van der Waals surface area contributed by atoms with Crippen molar-refractivity contribution in [2.24, 2.45) is 5.92 Å². The van der Waals surface area contributed by atoms with Crippen LogP contribution in [0.4, 0.5) is 0 Å². The fraction of sp³-hybridized carbons (Fsp3) is 0.571. The van der Waals surface area contributed by atoms with Crippen molar-refractivity contribution >= 4 is 12.0 Å². The van der Waals surface area contributed by atoms with Gasteiger partial charge < -0.3 is 15.7 Å². The molecule has 0 aliphatic heterocycles. The van der Waals surface area contributed by atoms with Gasteiger partial charge in [0.05, 0.1) is 6.54 Å². The minimum Gasteiger partial charge on any atom is -0.480 e. The van der Waals surface area contributed by atoms with Gasteiger partial charge in [-0.15, -0.1) is 0 Å². The Morgan fingerprint density at radius 3 is 2.48 bits per heavy atom. The number of hydrogen-bond acceptors (Lipinski definition) is 3. The second kappa shape index (κ2) is 8.63. The lowest BCUT2D eigenvalue weighted by Crippen LogP contribution is -2.42. The highest BCUT2D eigenvalue weighted by Crippen LogP contribution is 2.40. The third-order valence-corrected chi connectivity index (χ3v) is 5.55. The molecule has 2 saturated carbocycles. The van der Waals surface area contributed by atoms with Crippen LogP contribution in [0.2, 0.25) is 0 Å². The number of aliphatic carboxylic acids is 1. The average molecular weight is 342 g/mol. The molecule has 2 aliphatic carbocycles. The summed E-state index contributed by atoms with van der Waals surface area (Å²) in [6, 6.07) is 12.2. The fourth-order valence-electron chi connectivity index (χ4n) is 4.02. The first-order chi connectivity index (χ1) is 12.2. The van der Waals surface area contributed by atoms with E-state index in [1.807, 2.05) is 0 Å². The van der Waals surface area contributed by atoms with Gasteiger partial charge in [-0.2, -0.15) is 0 Å². The van der Waals surface area contributed by atoms with E-state index in [9.17, 15) is 4.79 Å². The molecule has 2 aliphatic rings. The van der Waals surface area contributed by atoms with E-state index in [0.717, 1.165) is 32.1 Å². The highest BCUT2D eigenvalue weighted by atomic mass is 16.4. The van der Waals surface area contributed by atoms with Gasteiger partial charge >= 0.3 is 5.97 Å². The molecular weight excluding hydrogens is 312 g/mol. The van der Waals surface area contributed by atoms with E-state index in [-0.39, 0.29) is 6.54 Å². The molecule has 136 valence electrons. The molecule has 0 amide bonds. The molecule has 0 bridgehead atoms. The zero-order valence-corrected chi connectivity index (χ0v) is 15.1. The summed E-state index contributed by atoms with van der Waals surface area (Å²) >= 11 is 0. The summed E-state index contributed by atoms with van der Waals surface area (Å²) < 4.78 is 0. The quantitative estimate of drug-likeness (QED) is 0.677. The van der Waals surface area contributed by atoms with Crippen LogP contribution in [0.5, 0.6) is 0 Å². The Labute approximate surface area is 150 Å². The number of carboxylic acid groups (broad SMARTS) is 1. The number of nitrogens with one attached hydrogen (secondary N) is 2. The van der Waals surface area contributed by atoms with Gasteiger partial charge in [-0.3, -0.25) is 4.79 Å². The van der Waals surface area contributed by atoms with Gasteiger partial charge in [-0.05, 0) is 50.0 Å². The Morgan fingerprint density at radius 1 is 1.16 bits per heavy atom. The molecule has 1 aromatic carbocycles. The Morgan fingerprint density at radius 2 is 1.84 bits per heavy atom. The van der Waals surface area contributed by atoms with Crippen LogP contribution in [0.15, 0.2) is 35.9 Å². The van der Waals surface area contributed by atoms with Crippen LogP contribution in [0.25, 0.3) is 6.08 Å². The Balaban J connectivity index is 1.44. The smallest absolute Gasteiger partial charge is 0.317 e. The molecule has 2 atom stereocenters. The molecule has 1 aromatic rings. The van der Waals surface area contributed by atoms with Crippen molar-refractivity contribution in [3.8, 4) is 0 Å². The minimum atomic E-state index is -0.765. The Kier molecular flexibility index (Phi) is 6.27. The van der Waals surface area contributed by atoms with E-state index in [1.54, 1.807) is 5.57 Å². The molecule has 0 radical (unpaired) electrons. The summed E-state index contributed by atoms with van der Waals surface area (Å²) in [7, 11) is 0. The number of carboxylic acids is 1. The van der Waals surface area contributed by atoms with E-state index < -0.39 is 5.97 Å². The van der Waals surface area contributed by atoms with Crippen molar-refractivity contribution < 1.29 is 9.90 Å². The first-order valence-electron chi connectivity index (χ1n) is 9.62. The fourth-order valence-corrected chi connectivity index (χ4v) is 4.02. The molecule has 3 rings (SSSR count). The lowest BCUT2D eigenvalue weighted by Gasteiger charge is -2.29. The van der Waals surface area contributed by atoms with Gasteiger partial charge in [0.15, 0.2) is 0 Å². The summed E-state index contributed by atoms with van der Waals surface area (Å²) in [5, 5.41) is 15.7. The number of hydrogen-bond donors (Lipinski definition) is 3. The van der Waals surface area contributed by atoms with Crippen molar-refractivity contribution in [1.82, 2.24) is 10.6 Å². The average Bonchev–Trinajstić information content (AvgIpc) is 3.39. The van der Waals surface area contributed by atoms with Crippen molar-refractivity contribution in [1.29, 1.82) is 0 Å². The van der Waals surface area contributed by atoms with Crippen molar-refractivity contribution in [3.63, 3.8) is 0 Å². The molecule has 0 saturated heterocycles. The van der Waals surface area contributed by atoms with Crippen molar-refractivity contribution in [2.45, 2.75) is 63.6 Å². The summed E-state index contributed by atoms with van der Waals surface area (Å²) in [6.07, 6.45) is 9.16. The highest BCUT2D eigenvalue weighted by Gasteiger charge is 2.40. The maximum Gasteiger partial charge on any atom is 0.317 e. The van der Waals surface area contributed by atoms with Crippen molar-refractivity contribution in [2.75, 3.05) is 6.54 Å². The van der Waals surface area contributed by atoms with Crippen LogP contribution in [-0.2, 0) is 4.79 Å². The summed E-state index contributed by atoms with van der Waals surface area (Å²) in [5.74, 6) is -0.0774. The second-order valence-electron chi connectivity index (χ2n) is 7.42. The molecule has 25 heavy (non-hydrogen) atoms. The van der Waals surface area contributed by atoms with Gasteiger partial charge in [0, 0.05) is 18.1 Å². The number of rotatable bonds is 8. The van der Waals surface area contributed by atoms with Crippen LogP contribution in [-0.4, -0.2) is 35.7 Å². The van der Waals surface area contributed by atoms with Gasteiger partial charge in [-0.1, -0.05) is 48.9 Å². The zero-order chi connectivity index (χ0) is 17.6. The van der Waals surface area contributed by atoms with Gasteiger partial charge in [0.2, 0.25) is 0 Å². The van der Waals surface area contributed by atoms with E-state index in [1.165, 1.54) is 12.0 Å². The summed E-state index contributed by atoms with van der Waals surface area (Å²) in [5.41, 5.74) is 2.86. The Bertz CT molecular complexity index is 591. The monoisotopic (exact) mass is 342 g/mol. The molecule has 4 nitrogen and oxygen atoms in total. The summed E-state index contributed by atoms with van der Waals surface area (Å²) in [6.45, 7) is 2.33. The van der Waals surface area contributed by atoms with Crippen LogP contribution >= 0.6 is 0 Å². The third kappa shape index (κ3) is 5.41. The normalized spacial score (nSPS) is 29.4. The number of carbonyl (C=O) groups is 1. The Hall–Kier alpha value is -1.65. The second-order valence-corrected chi connectivity index (χ2v) is 7.42. The van der Waals surface area contributed by atoms with E-state index >= 15 is 0 Å². The molecule has 4 heteroatoms. The molecule has 0 heterocycles. The maximum atomic E-state index is 10.6. The van der Waals surface area contributed by atoms with Crippen LogP contribution < -0.4 is 10.6 Å². The summed E-state index contributed by atoms with van der Waals surface area (Å²) in [4.78, 5) is 10.6. The van der Waals surface area contributed by atoms with E-state index in [4.69, 9.17) is 5.11 Å². The molecule has 2 fully saturated rings. The van der Waals surface area contributed by atoms with Gasteiger partial charge in [0.25, 0.3) is 0 Å². The molecule has 0 spiro atoms.